The molecule has 18 heavy (non-hydrogen) atoms. The van der Waals surface area contributed by atoms with Crippen molar-refractivity contribution in [2.75, 3.05) is 11.4 Å². The normalized spacial score (nSPS) is 11.3. The fourth-order valence-corrected chi connectivity index (χ4v) is 1.79. The molecule has 0 fully saturated rings. The van der Waals surface area contributed by atoms with Crippen molar-refractivity contribution >= 4 is 11.6 Å². The van der Waals surface area contributed by atoms with E-state index in [1.54, 1.807) is 12.4 Å². The predicted octanol–water partition coefficient (Wildman–Crippen LogP) is 3.65. The maximum Gasteiger partial charge on any atom is 0.227 e. The van der Waals surface area contributed by atoms with Crippen LogP contribution in [0, 0.1) is 5.41 Å². The largest absolute Gasteiger partial charge is 0.312 e. The van der Waals surface area contributed by atoms with Crippen LogP contribution >= 0.6 is 0 Å². The minimum atomic E-state index is 0.0224. The molecule has 1 amide bonds. The number of anilines is 1. The van der Waals surface area contributed by atoms with E-state index in [-0.39, 0.29) is 11.3 Å². The van der Waals surface area contributed by atoms with Gasteiger partial charge in [0.2, 0.25) is 5.91 Å². The first-order chi connectivity index (χ1) is 8.44. The van der Waals surface area contributed by atoms with Gasteiger partial charge in [-0.15, -0.1) is 0 Å². The summed E-state index contributed by atoms with van der Waals surface area (Å²) in [5, 5.41) is 0. The SMILES string of the molecule is CCCCN(C(=O)CC(C)(C)C)c1ccncc1. The van der Waals surface area contributed by atoms with Gasteiger partial charge in [-0.2, -0.15) is 0 Å². The summed E-state index contributed by atoms with van der Waals surface area (Å²) in [6.07, 6.45) is 6.15. The van der Waals surface area contributed by atoms with Gasteiger partial charge >= 0.3 is 0 Å². The third-order valence-electron chi connectivity index (χ3n) is 2.69. The van der Waals surface area contributed by atoms with Crippen LogP contribution in [-0.4, -0.2) is 17.4 Å². The zero-order valence-corrected chi connectivity index (χ0v) is 11.9. The molecule has 0 saturated heterocycles. The van der Waals surface area contributed by atoms with Crippen LogP contribution in [0.1, 0.15) is 47.0 Å². The number of carbonyl (C=O) groups excluding carboxylic acids is 1. The lowest BCUT2D eigenvalue weighted by molar-refractivity contribution is -0.120. The molecule has 0 spiro atoms. The molecule has 0 aliphatic carbocycles. The number of unbranched alkanes of at least 4 members (excludes halogenated alkanes) is 1. The van der Waals surface area contributed by atoms with E-state index in [4.69, 9.17) is 0 Å². The highest BCUT2D eigenvalue weighted by Crippen LogP contribution is 2.23. The second-order valence-electron chi connectivity index (χ2n) is 5.84. The first kappa shape index (κ1) is 14.7. The lowest BCUT2D eigenvalue weighted by Crippen LogP contribution is -2.34. The van der Waals surface area contributed by atoms with Gasteiger partial charge in [0.05, 0.1) is 0 Å². The number of amides is 1. The Morgan fingerprint density at radius 2 is 1.89 bits per heavy atom. The summed E-state index contributed by atoms with van der Waals surface area (Å²) < 4.78 is 0. The van der Waals surface area contributed by atoms with Crippen molar-refractivity contribution in [3.8, 4) is 0 Å². The summed E-state index contributed by atoms with van der Waals surface area (Å²) in [5.41, 5.74) is 0.974. The van der Waals surface area contributed by atoms with Crippen molar-refractivity contribution in [2.24, 2.45) is 5.41 Å². The number of pyridine rings is 1. The predicted molar refractivity (Wildman–Crippen MR) is 75.6 cm³/mol. The molecule has 1 aromatic rings. The molecule has 0 bridgehead atoms. The number of hydrogen-bond donors (Lipinski definition) is 0. The van der Waals surface area contributed by atoms with Gasteiger partial charge in [-0.1, -0.05) is 34.1 Å². The zero-order chi connectivity index (χ0) is 13.6. The molecule has 0 atom stereocenters. The lowest BCUT2D eigenvalue weighted by atomic mass is 9.91. The molecule has 0 N–H and O–H groups in total. The molecular formula is C15H24N2O. The Morgan fingerprint density at radius 3 is 2.39 bits per heavy atom. The van der Waals surface area contributed by atoms with E-state index >= 15 is 0 Å². The van der Waals surface area contributed by atoms with Gasteiger partial charge in [0.15, 0.2) is 0 Å². The van der Waals surface area contributed by atoms with Crippen LogP contribution in [-0.2, 0) is 4.79 Å². The Labute approximate surface area is 110 Å². The topological polar surface area (TPSA) is 33.2 Å². The van der Waals surface area contributed by atoms with Crippen molar-refractivity contribution in [3.63, 3.8) is 0 Å². The van der Waals surface area contributed by atoms with Gasteiger partial charge in [0.1, 0.15) is 0 Å². The third kappa shape index (κ3) is 4.86. The highest BCUT2D eigenvalue weighted by atomic mass is 16.2. The summed E-state index contributed by atoms with van der Waals surface area (Å²) in [5.74, 6) is 0.196. The number of nitrogens with zero attached hydrogens (tertiary/aromatic N) is 2. The van der Waals surface area contributed by atoms with Gasteiger partial charge in [0, 0.05) is 31.0 Å². The van der Waals surface area contributed by atoms with Gasteiger partial charge in [-0.3, -0.25) is 9.78 Å². The van der Waals surface area contributed by atoms with E-state index < -0.39 is 0 Å². The summed E-state index contributed by atoms with van der Waals surface area (Å²) >= 11 is 0. The highest BCUT2D eigenvalue weighted by molar-refractivity contribution is 5.93. The molecule has 1 aromatic heterocycles. The van der Waals surface area contributed by atoms with Crippen molar-refractivity contribution in [1.82, 2.24) is 4.98 Å². The van der Waals surface area contributed by atoms with Gasteiger partial charge in [0.25, 0.3) is 0 Å². The standard InChI is InChI=1S/C15H24N2O/c1-5-6-11-17(13-7-9-16-10-8-13)14(18)12-15(2,3)4/h7-10H,5-6,11-12H2,1-4H3. The average Bonchev–Trinajstić information content (AvgIpc) is 2.28. The molecule has 100 valence electrons. The maximum absolute atomic E-state index is 12.4. The van der Waals surface area contributed by atoms with Gasteiger partial charge < -0.3 is 4.90 Å². The molecule has 1 heterocycles. The van der Waals surface area contributed by atoms with Crippen LogP contribution in [0.2, 0.25) is 0 Å². The summed E-state index contributed by atoms with van der Waals surface area (Å²) in [6, 6.07) is 3.80. The molecule has 0 radical (unpaired) electrons. The average molecular weight is 248 g/mol. The van der Waals surface area contributed by atoms with E-state index in [2.05, 4.69) is 32.7 Å². The van der Waals surface area contributed by atoms with E-state index in [1.807, 2.05) is 17.0 Å². The first-order valence-electron chi connectivity index (χ1n) is 6.64. The van der Waals surface area contributed by atoms with Crippen LogP contribution in [0.3, 0.4) is 0 Å². The Bertz CT molecular complexity index is 368. The fraction of sp³-hybridized carbons (Fsp3) is 0.600. The van der Waals surface area contributed by atoms with Crippen molar-refractivity contribution in [2.45, 2.75) is 47.0 Å². The Morgan fingerprint density at radius 1 is 1.28 bits per heavy atom. The van der Waals surface area contributed by atoms with Crippen molar-refractivity contribution in [3.05, 3.63) is 24.5 Å². The second-order valence-corrected chi connectivity index (χ2v) is 5.84. The van der Waals surface area contributed by atoms with Gasteiger partial charge in [-0.05, 0) is 24.0 Å². The van der Waals surface area contributed by atoms with E-state index in [0.29, 0.717) is 6.42 Å². The minimum absolute atomic E-state index is 0.0224. The van der Waals surface area contributed by atoms with E-state index in [0.717, 1.165) is 25.1 Å². The molecule has 3 nitrogen and oxygen atoms in total. The molecular weight excluding hydrogens is 224 g/mol. The number of carbonyl (C=O) groups is 1. The van der Waals surface area contributed by atoms with Gasteiger partial charge in [-0.25, -0.2) is 0 Å². The summed E-state index contributed by atoms with van der Waals surface area (Å²) in [4.78, 5) is 18.3. The van der Waals surface area contributed by atoms with E-state index in [9.17, 15) is 4.79 Å². The van der Waals surface area contributed by atoms with Crippen molar-refractivity contribution < 1.29 is 4.79 Å². The zero-order valence-electron chi connectivity index (χ0n) is 11.9. The lowest BCUT2D eigenvalue weighted by Gasteiger charge is -2.26. The molecule has 0 aliphatic rings. The number of hydrogen-bond acceptors (Lipinski definition) is 2. The maximum atomic E-state index is 12.4. The van der Waals surface area contributed by atoms with Crippen LogP contribution in [0.15, 0.2) is 24.5 Å². The number of rotatable bonds is 5. The summed E-state index contributed by atoms with van der Waals surface area (Å²) in [7, 11) is 0. The molecule has 3 heteroatoms. The first-order valence-corrected chi connectivity index (χ1v) is 6.64. The van der Waals surface area contributed by atoms with Crippen LogP contribution < -0.4 is 4.90 Å². The third-order valence-corrected chi connectivity index (χ3v) is 2.69. The monoisotopic (exact) mass is 248 g/mol. The summed E-state index contributed by atoms with van der Waals surface area (Å²) in [6.45, 7) is 9.20. The quantitative estimate of drug-likeness (QED) is 0.797. The molecule has 0 saturated carbocycles. The van der Waals surface area contributed by atoms with E-state index in [1.165, 1.54) is 0 Å². The Kier molecular flexibility index (Phi) is 5.32. The second kappa shape index (κ2) is 6.53. The Balaban J connectivity index is 2.82. The van der Waals surface area contributed by atoms with Crippen LogP contribution in [0.4, 0.5) is 5.69 Å². The Hall–Kier alpha value is -1.38. The minimum Gasteiger partial charge on any atom is -0.312 e. The van der Waals surface area contributed by atoms with Crippen LogP contribution in [0.5, 0.6) is 0 Å². The fourth-order valence-electron chi connectivity index (χ4n) is 1.79. The smallest absolute Gasteiger partial charge is 0.227 e. The molecule has 0 aromatic carbocycles. The van der Waals surface area contributed by atoms with Crippen molar-refractivity contribution in [1.29, 1.82) is 0 Å². The highest BCUT2D eigenvalue weighted by Gasteiger charge is 2.21. The molecule has 0 aliphatic heterocycles. The van der Waals surface area contributed by atoms with Crippen LogP contribution in [0.25, 0.3) is 0 Å². The molecule has 0 unspecified atom stereocenters. The molecule has 1 rings (SSSR count). The number of aromatic nitrogens is 1.